The van der Waals surface area contributed by atoms with Crippen molar-refractivity contribution in [2.24, 2.45) is 0 Å². The molecule has 0 heterocycles. The zero-order valence-corrected chi connectivity index (χ0v) is 10.5. The zero-order chi connectivity index (χ0) is 14.9. The molecule has 106 valence electrons. The van der Waals surface area contributed by atoms with Gasteiger partial charge in [-0.25, -0.2) is 4.39 Å². The molecule has 0 fully saturated rings. The molecule has 2 nitrogen and oxygen atoms in total. The lowest BCUT2D eigenvalue weighted by atomic mass is 10.1. The maximum Gasteiger partial charge on any atom is 0.419 e. The van der Waals surface area contributed by atoms with E-state index >= 15 is 0 Å². The van der Waals surface area contributed by atoms with E-state index in [1.54, 1.807) is 25.1 Å². The van der Waals surface area contributed by atoms with Gasteiger partial charge in [0, 0.05) is 0 Å². The number of aryl methyl sites for hydroxylation is 1. The molecule has 0 aliphatic heterocycles. The van der Waals surface area contributed by atoms with Crippen LogP contribution in [0.1, 0.15) is 11.1 Å². The minimum Gasteiger partial charge on any atom is -0.455 e. The number of nitrogens with two attached hydrogens (primary N) is 1. The van der Waals surface area contributed by atoms with Gasteiger partial charge in [-0.05, 0) is 36.8 Å². The van der Waals surface area contributed by atoms with E-state index in [1.165, 1.54) is 0 Å². The summed E-state index contributed by atoms with van der Waals surface area (Å²) in [5.41, 5.74) is 5.29. The van der Waals surface area contributed by atoms with E-state index in [1.807, 2.05) is 0 Å². The minimum absolute atomic E-state index is 0.125. The summed E-state index contributed by atoms with van der Waals surface area (Å²) < 4.78 is 56.3. The number of ether oxygens (including phenoxy) is 1. The summed E-state index contributed by atoms with van der Waals surface area (Å²) in [6, 6.07) is 7.42. The van der Waals surface area contributed by atoms with E-state index in [4.69, 9.17) is 10.5 Å². The average Bonchev–Trinajstić information content (AvgIpc) is 2.34. The minimum atomic E-state index is -4.78. The molecule has 0 amide bonds. The highest BCUT2D eigenvalue weighted by Crippen LogP contribution is 2.36. The second-order valence-electron chi connectivity index (χ2n) is 4.23. The fraction of sp³-hybridized carbons (Fsp3) is 0.143. The van der Waals surface area contributed by atoms with Crippen LogP contribution in [0, 0.1) is 12.7 Å². The first-order valence-corrected chi connectivity index (χ1v) is 5.68. The van der Waals surface area contributed by atoms with E-state index in [0.29, 0.717) is 23.4 Å². The third-order valence-corrected chi connectivity index (χ3v) is 2.71. The number of halogens is 4. The van der Waals surface area contributed by atoms with Gasteiger partial charge in [0.25, 0.3) is 0 Å². The van der Waals surface area contributed by atoms with Gasteiger partial charge in [0.15, 0.2) is 5.75 Å². The molecule has 0 aliphatic carbocycles. The zero-order valence-electron chi connectivity index (χ0n) is 10.5. The first-order chi connectivity index (χ1) is 9.29. The third kappa shape index (κ3) is 2.84. The van der Waals surface area contributed by atoms with Gasteiger partial charge in [0.1, 0.15) is 11.6 Å². The Hall–Kier alpha value is -2.24. The van der Waals surface area contributed by atoms with Crippen LogP contribution >= 0.6 is 0 Å². The van der Waals surface area contributed by atoms with Crippen LogP contribution in [0.25, 0.3) is 0 Å². The molecule has 20 heavy (non-hydrogen) atoms. The second kappa shape index (κ2) is 5.03. The first-order valence-electron chi connectivity index (χ1n) is 5.68. The molecule has 2 aromatic rings. The third-order valence-electron chi connectivity index (χ3n) is 2.71. The average molecular weight is 285 g/mol. The second-order valence-corrected chi connectivity index (χ2v) is 4.23. The molecule has 0 atom stereocenters. The quantitative estimate of drug-likeness (QED) is 0.650. The monoisotopic (exact) mass is 285 g/mol. The van der Waals surface area contributed by atoms with Crippen LogP contribution in [-0.2, 0) is 6.18 Å². The molecule has 6 heteroatoms. The Morgan fingerprint density at radius 1 is 1.10 bits per heavy atom. The largest absolute Gasteiger partial charge is 0.455 e. The number of rotatable bonds is 2. The summed E-state index contributed by atoms with van der Waals surface area (Å²) in [6.07, 6.45) is -4.78. The molecule has 2 N–H and O–H groups in total. The molecule has 0 bridgehead atoms. The fourth-order valence-corrected chi connectivity index (χ4v) is 1.72. The van der Waals surface area contributed by atoms with E-state index < -0.39 is 17.6 Å². The van der Waals surface area contributed by atoms with Crippen molar-refractivity contribution in [3.63, 3.8) is 0 Å². The van der Waals surface area contributed by atoms with Crippen LogP contribution in [0.2, 0.25) is 0 Å². The van der Waals surface area contributed by atoms with Crippen molar-refractivity contribution in [3.8, 4) is 11.5 Å². The van der Waals surface area contributed by atoms with E-state index in [2.05, 4.69) is 0 Å². The van der Waals surface area contributed by atoms with Crippen LogP contribution in [0.5, 0.6) is 11.5 Å². The van der Waals surface area contributed by atoms with Gasteiger partial charge in [-0.1, -0.05) is 12.1 Å². The summed E-state index contributed by atoms with van der Waals surface area (Å²) in [6.45, 7) is 1.71. The Balaban J connectivity index is 2.40. The predicted octanol–water partition coefficient (Wildman–Crippen LogP) is 4.53. The van der Waals surface area contributed by atoms with Gasteiger partial charge in [-0.2, -0.15) is 13.2 Å². The molecule has 0 unspecified atom stereocenters. The van der Waals surface area contributed by atoms with Crippen molar-refractivity contribution in [2.75, 3.05) is 5.73 Å². The van der Waals surface area contributed by atoms with Crippen molar-refractivity contribution in [2.45, 2.75) is 13.1 Å². The van der Waals surface area contributed by atoms with Crippen molar-refractivity contribution in [3.05, 3.63) is 53.3 Å². The fourth-order valence-electron chi connectivity index (χ4n) is 1.72. The van der Waals surface area contributed by atoms with Gasteiger partial charge >= 0.3 is 6.18 Å². The maximum absolute atomic E-state index is 13.2. The summed E-state index contributed by atoms with van der Waals surface area (Å²) in [5, 5.41) is 0. The molecule has 2 aromatic carbocycles. The van der Waals surface area contributed by atoms with E-state index in [-0.39, 0.29) is 11.5 Å². The predicted molar refractivity (Wildman–Crippen MR) is 67.1 cm³/mol. The summed E-state index contributed by atoms with van der Waals surface area (Å²) in [4.78, 5) is 0. The number of anilines is 1. The Morgan fingerprint density at radius 2 is 1.80 bits per heavy atom. The van der Waals surface area contributed by atoms with Crippen molar-refractivity contribution in [1.82, 2.24) is 0 Å². The molecule has 0 saturated carbocycles. The highest BCUT2D eigenvalue weighted by molar-refractivity contribution is 5.57. The Bertz CT molecular complexity index is 617. The molecular formula is C14H11F4NO. The highest BCUT2D eigenvalue weighted by atomic mass is 19.4. The van der Waals surface area contributed by atoms with Crippen LogP contribution in [0.4, 0.5) is 23.2 Å². The summed E-state index contributed by atoms with van der Waals surface area (Å²) in [5.74, 6) is -1.21. The highest BCUT2D eigenvalue weighted by Gasteiger charge is 2.34. The van der Waals surface area contributed by atoms with Crippen molar-refractivity contribution < 1.29 is 22.3 Å². The van der Waals surface area contributed by atoms with Gasteiger partial charge in [0.05, 0.1) is 11.3 Å². The number of hydrogen-bond donors (Lipinski definition) is 1. The number of benzene rings is 2. The van der Waals surface area contributed by atoms with Crippen LogP contribution in [0.3, 0.4) is 0 Å². The lowest BCUT2D eigenvalue weighted by Crippen LogP contribution is -2.08. The van der Waals surface area contributed by atoms with Gasteiger partial charge in [-0.15, -0.1) is 0 Å². The molecule has 0 aromatic heterocycles. The molecule has 2 rings (SSSR count). The summed E-state index contributed by atoms with van der Waals surface area (Å²) >= 11 is 0. The Labute approximate surface area is 112 Å². The maximum atomic E-state index is 13.2. The van der Waals surface area contributed by atoms with E-state index in [0.717, 1.165) is 6.07 Å². The summed E-state index contributed by atoms with van der Waals surface area (Å²) in [7, 11) is 0. The molecule has 0 radical (unpaired) electrons. The Kier molecular flexibility index (Phi) is 3.57. The van der Waals surface area contributed by atoms with Crippen LogP contribution in [0.15, 0.2) is 36.4 Å². The molecule has 0 spiro atoms. The number of alkyl halides is 3. The number of para-hydroxylation sites is 1. The standard InChI is InChI=1S/C14H11F4NO/c1-8-3-2-4-12(19)13(8)20-9-5-6-11(15)10(7-9)14(16,17)18/h2-7H,19H2,1H3. The molecular weight excluding hydrogens is 274 g/mol. The molecule has 0 saturated heterocycles. The lowest BCUT2D eigenvalue weighted by molar-refractivity contribution is -0.140. The van der Waals surface area contributed by atoms with E-state index in [9.17, 15) is 17.6 Å². The normalized spacial score (nSPS) is 11.4. The number of nitrogen functional groups attached to an aromatic ring is 1. The smallest absolute Gasteiger partial charge is 0.419 e. The first kappa shape index (κ1) is 14.2. The van der Waals surface area contributed by atoms with Gasteiger partial charge in [0.2, 0.25) is 0 Å². The van der Waals surface area contributed by atoms with Gasteiger partial charge in [-0.3, -0.25) is 0 Å². The van der Waals surface area contributed by atoms with Gasteiger partial charge < -0.3 is 10.5 Å². The Morgan fingerprint density at radius 3 is 2.40 bits per heavy atom. The van der Waals surface area contributed by atoms with Crippen molar-refractivity contribution >= 4 is 5.69 Å². The number of hydrogen-bond acceptors (Lipinski definition) is 2. The van der Waals surface area contributed by atoms with Crippen molar-refractivity contribution in [1.29, 1.82) is 0 Å². The SMILES string of the molecule is Cc1cccc(N)c1Oc1ccc(F)c(C(F)(F)F)c1. The molecule has 0 aliphatic rings. The van der Waals surface area contributed by atoms with Crippen LogP contribution in [-0.4, -0.2) is 0 Å². The topological polar surface area (TPSA) is 35.2 Å². The van der Waals surface area contributed by atoms with Crippen LogP contribution < -0.4 is 10.5 Å². The lowest BCUT2D eigenvalue weighted by Gasteiger charge is -2.13.